The molecule has 190 valence electrons. The predicted molar refractivity (Wildman–Crippen MR) is 141 cm³/mol. The van der Waals surface area contributed by atoms with Gasteiger partial charge < -0.3 is 25.4 Å². The summed E-state index contributed by atoms with van der Waals surface area (Å²) in [6.45, 7) is 1.76. The van der Waals surface area contributed by atoms with Gasteiger partial charge in [-0.15, -0.1) is 0 Å². The molecule has 1 amide bonds. The summed E-state index contributed by atoms with van der Waals surface area (Å²) < 4.78 is 5.65. The van der Waals surface area contributed by atoms with E-state index in [4.69, 9.17) is 27.9 Å². The van der Waals surface area contributed by atoms with Crippen molar-refractivity contribution < 1.29 is 19.6 Å². The third kappa shape index (κ3) is 8.10. The molecule has 0 bridgehead atoms. The Morgan fingerprint density at radius 3 is 2.33 bits per heavy atom. The molecule has 0 aliphatic carbocycles. The van der Waals surface area contributed by atoms with E-state index in [0.29, 0.717) is 52.4 Å². The second-order valence-electron chi connectivity index (χ2n) is 8.03. The van der Waals surface area contributed by atoms with E-state index in [0.717, 1.165) is 0 Å². The van der Waals surface area contributed by atoms with Gasteiger partial charge in [-0.3, -0.25) is 14.9 Å². The Bertz CT molecular complexity index is 1160. The number of para-hydroxylation sites is 1. The number of carbonyl (C=O) groups excluding carboxylic acids is 1. The summed E-state index contributed by atoms with van der Waals surface area (Å²) in [4.78, 5) is 24.5. The fourth-order valence-electron chi connectivity index (χ4n) is 3.31. The SMILES string of the molecule is CN(CCNc1c(Cl)cccc1Cl)CC(O)COc1ccc(NC(=O)c2ccc([N+](=O)[O-])cc2)cc1. The first kappa shape index (κ1) is 27.2. The Balaban J connectivity index is 1.39. The Morgan fingerprint density at radius 2 is 1.72 bits per heavy atom. The van der Waals surface area contributed by atoms with E-state index in [1.165, 1.54) is 24.3 Å². The number of non-ortho nitro benzene ring substituents is 1. The molecule has 3 rings (SSSR count). The normalized spacial score (nSPS) is 11.7. The van der Waals surface area contributed by atoms with Crippen LogP contribution in [-0.4, -0.2) is 60.2 Å². The van der Waals surface area contributed by atoms with Crippen LogP contribution in [0.2, 0.25) is 10.0 Å². The van der Waals surface area contributed by atoms with Crippen LogP contribution >= 0.6 is 23.2 Å². The first-order chi connectivity index (χ1) is 17.2. The minimum atomic E-state index is -0.708. The molecule has 0 radical (unpaired) electrons. The molecule has 0 aliphatic heterocycles. The van der Waals surface area contributed by atoms with Gasteiger partial charge in [0.15, 0.2) is 0 Å². The lowest BCUT2D eigenvalue weighted by Crippen LogP contribution is -2.35. The zero-order valence-electron chi connectivity index (χ0n) is 19.5. The molecule has 1 unspecified atom stereocenters. The van der Waals surface area contributed by atoms with Crippen LogP contribution in [-0.2, 0) is 0 Å². The van der Waals surface area contributed by atoms with Crippen LogP contribution in [0.5, 0.6) is 5.75 Å². The van der Waals surface area contributed by atoms with Crippen molar-refractivity contribution in [2.24, 2.45) is 0 Å². The topological polar surface area (TPSA) is 117 Å². The summed E-state index contributed by atoms with van der Waals surface area (Å²) in [5.74, 6) is 0.156. The number of hydrogen-bond donors (Lipinski definition) is 3. The molecule has 3 aromatic rings. The number of anilines is 2. The minimum Gasteiger partial charge on any atom is -0.491 e. The number of nitrogens with zero attached hydrogens (tertiary/aromatic N) is 2. The number of nitro groups is 1. The van der Waals surface area contributed by atoms with Crippen molar-refractivity contribution in [2.45, 2.75) is 6.10 Å². The van der Waals surface area contributed by atoms with Crippen LogP contribution in [0.4, 0.5) is 17.1 Å². The number of halogens is 2. The number of nitrogens with one attached hydrogen (secondary N) is 2. The highest BCUT2D eigenvalue weighted by molar-refractivity contribution is 6.39. The number of carbonyl (C=O) groups is 1. The highest BCUT2D eigenvalue weighted by Gasteiger charge is 2.12. The minimum absolute atomic E-state index is 0.0832. The van der Waals surface area contributed by atoms with Crippen molar-refractivity contribution in [2.75, 3.05) is 43.9 Å². The van der Waals surface area contributed by atoms with E-state index < -0.39 is 11.0 Å². The smallest absolute Gasteiger partial charge is 0.269 e. The fourth-order valence-corrected chi connectivity index (χ4v) is 3.84. The van der Waals surface area contributed by atoms with Gasteiger partial charge in [0.25, 0.3) is 11.6 Å². The molecular weight excluding hydrogens is 507 g/mol. The maximum absolute atomic E-state index is 12.3. The molecule has 3 N–H and O–H groups in total. The Kier molecular flexibility index (Phi) is 9.89. The molecule has 0 heterocycles. The highest BCUT2D eigenvalue weighted by Crippen LogP contribution is 2.29. The average Bonchev–Trinajstić information content (AvgIpc) is 2.85. The number of benzene rings is 3. The molecule has 1 atom stereocenters. The van der Waals surface area contributed by atoms with Crippen LogP contribution < -0.4 is 15.4 Å². The first-order valence-electron chi connectivity index (χ1n) is 11.1. The zero-order valence-corrected chi connectivity index (χ0v) is 21.0. The second-order valence-corrected chi connectivity index (χ2v) is 8.85. The molecule has 0 spiro atoms. The molecule has 0 fully saturated rings. The van der Waals surface area contributed by atoms with Crippen LogP contribution in [0.1, 0.15) is 10.4 Å². The maximum atomic E-state index is 12.3. The number of nitro benzene ring substituents is 1. The summed E-state index contributed by atoms with van der Waals surface area (Å²) in [6, 6.07) is 17.4. The molecule has 0 saturated heterocycles. The second kappa shape index (κ2) is 13.1. The van der Waals surface area contributed by atoms with Gasteiger partial charge in [0.1, 0.15) is 18.5 Å². The lowest BCUT2D eigenvalue weighted by molar-refractivity contribution is -0.384. The molecule has 9 nitrogen and oxygen atoms in total. The van der Waals surface area contributed by atoms with E-state index in [-0.39, 0.29) is 18.2 Å². The van der Waals surface area contributed by atoms with Gasteiger partial charge in [-0.05, 0) is 55.6 Å². The lowest BCUT2D eigenvalue weighted by Gasteiger charge is -2.21. The monoisotopic (exact) mass is 532 g/mol. The van der Waals surface area contributed by atoms with Gasteiger partial charge in [-0.25, -0.2) is 0 Å². The van der Waals surface area contributed by atoms with Crippen LogP contribution in [0.3, 0.4) is 0 Å². The van der Waals surface area contributed by atoms with Crippen molar-refractivity contribution in [1.82, 2.24) is 4.90 Å². The standard InChI is InChI=1S/C25H26Cl2N4O5/c1-30(14-13-28-24-22(26)3-2-4-23(24)27)15-20(32)16-36-21-11-7-18(8-12-21)29-25(33)17-5-9-19(10-6-17)31(34)35/h2-12,20,28,32H,13-16H2,1H3,(H,29,33). The quantitative estimate of drug-likeness (QED) is 0.223. The zero-order chi connectivity index (χ0) is 26.1. The largest absolute Gasteiger partial charge is 0.491 e. The van der Waals surface area contributed by atoms with E-state index >= 15 is 0 Å². The average molecular weight is 533 g/mol. The van der Waals surface area contributed by atoms with E-state index in [1.54, 1.807) is 42.5 Å². The van der Waals surface area contributed by atoms with Crippen LogP contribution in [0.25, 0.3) is 0 Å². The number of hydrogen-bond acceptors (Lipinski definition) is 7. The summed E-state index contributed by atoms with van der Waals surface area (Å²) in [7, 11) is 1.89. The molecule has 11 heteroatoms. The molecular formula is C25H26Cl2N4O5. The molecule has 0 aliphatic rings. The van der Waals surface area contributed by atoms with Gasteiger partial charge in [-0.2, -0.15) is 0 Å². The van der Waals surface area contributed by atoms with Crippen LogP contribution in [0.15, 0.2) is 66.7 Å². The van der Waals surface area contributed by atoms with Crippen molar-refractivity contribution in [1.29, 1.82) is 0 Å². The number of amides is 1. The summed E-state index contributed by atoms with van der Waals surface area (Å²) in [5.41, 5.74) is 1.45. The van der Waals surface area contributed by atoms with E-state index in [2.05, 4.69) is 10.6 Å². The van der Waals surface area contributed by atoms with Crippen molar-refractivity contribution >= 4 is 46.2 Å². The van der Waals surface area contributed by atoms with Gasteiger partial charge in [0.05, 0.1) is 20.7 Å². The Labute approximate surface area is 218 Å². The van der Waals surface area contributed by atoms with Crippen molar-refractivity contribution in [3.63, 3.8) is 0 Å². The molecule has 36 heavy (non-hydrogen) atoms. The van der Waals surface area contributed by atoms with Gasteiger partial charge in [0, 0.05) is 43.0 Å². The van der Waals surface area contributed by atoms with Gasteiger partial charge >= 0.3 is 0 Å². The summed E-state index contributed by atoms with van der Waals surface area (Å²) >= 11 is 12.3. The van der Waals surface area contributed by atoms with Crippen molar-refractivity contribution in [3.8, 4) is 5.75 Å². The number of likely N-dealkylation sites (N-methyl/N-ethyl adjacent to an activating group) is 1. The van der Waals surface area contributed by atoms with Crippen LogP contribution in [0, 0.1) is 10.1 Å². The molecule has 3 aromatic carbocycles. The summed E-state index contributed by atoms with van der Waals surface area (Å²) in [5, 5.41) is 28.1. The third-order valence-corrected chi connectivity index (χ3v) is 5.81. The lowest BCUT2D eigenvalue weighted by atomic mass is 10.2. The van der Waals surface area contributed by atoms with Crippen molar-refractivity contribution in [3.05, 3.63) is 92.5 Å². The summed E-state index contributed by atoms with van der Waals surface area (Å²) in [6.07, 6.45) is -0.708. The van der Waals surface area contributed by atoms with Gasteiger partial charge in [-0.1, -0.05) is 29.3 Å². The Morgan fingerprint density at radius 1 is 1.08 bits per heavy atom. The molecule has 0 aromatic heterocycles. The highest BCUT2D eigenvalue weighted by atomic mass is 35.5. The van der Waals surface area contributed by atoms with E-state index in [1.807, 2.05) is 11.9 Å². The number of rotatable bonds is 12. The first-order valence-corrected chi connectivity index (χ1v) is 11.8. The maximum Gasteiger partial charge on any atom is 0.269 e. The number of aliphatic hydroxyl groups excluding tert-OH is 1. The van der Waals surface area contributed by atoms with E-state index in [9.17, 15) is 20.0 Å². The number of aliphatic hydroxyl groups is 1. The Hall–Kier alpha value is -3.37. The predicted octanol–water partition coefficient (Wildman–Crippen LogP) is 4.94. The molecule has 0 saturated carbocycles. The number of ether oxygens (including phenoxy) is 1. The fraction of sp³-hybridized carbons (Fsp3) is 0.240. The van der Waals surface area contributed by atoms with Gasteiger partial charge in [0.2, 0.25) is 0 Å². The third-order valence-electron chi connectivity index (χ3n) is 5.18.